The van der Waals surface area contributed by atoms with E-state index in [4.69, 9.17) is 0 Å². The minimum Gasteiger partial charge on any atom is -0.300 e. The average molecular weight is 372 g/mol. The molecule has 1 amide bonds. The fourth-order valence-electron chi connectivity index (χ4n) is 2.82. The van der Waals surface area contributed by atoms with Crippen molar-refractivity contribution in [1.29, 1.82) is 0 Å². The first-order valence-electron chi connectivity index (χ1n) is 7.63. The number of halogens is 1. The molecule has 0 radical (unpaired) electrons. The first-order valence-corrected chi connectivity index (χ1v) is 8.43. The summed E-state index contributed by atoms with van der Waals surface area (Å²) >= 11 is 3.35. The zero-order chi connectivity index (χ0) is 16.7. The van der Waals surface area contributed by atoms with Crippen molar-refractivity contribution in [2.45, 2.75) is 33.2 Å². The molecule has 3 rings (SSSR count). The number of ketones is 1. The Hall–Kier alpha value is -1.94. The number of anilines is 1. The lowest BCUT2D eigenvalue weighted by atomic mass is 9.97. The van der Waals surface area contributed by atoms with Crippen LogP contribution in [0.5, 0.6) is 0 Å². The van der Waals surface area contributed by atoms with E-state index < -0.39 is 11.7 Å². The fraction of sp³-hybridized carbons (Fsp3) is 0.263. The molecule has 0 saturated heterocycles. The second kappa shape index (κ2) is 5.93. The van der Waals surface area contributed by atoms with Gasteiger partial charge < -0.3 is 4.90 Å². The Balaban J connectivity index is 2.00. The van der Waals surface area contributed by atoms with Crippen LogP contribution >= 0.6 is 15.9 Å². The van der Waals surface area contributed by atoms with Crippen LogP contribution in [0.15, 0.2) is 40.9 Å². The monoisotopic (exact) mass is 371 g/mol. The van der Waals surface area contributed by atoms with E-state index in [1.54, 1.807) is 11.0 Å². The van der Waals surface area contributed by atoms with E-state index in [1.807, 2.05) is 19.1 Å². The third kappa shape index (κ3) is 2.83. The molecule has 0 spiro atoms. The molecule has 0 atom stereocenters. The van der Waals surface area contributed by atoms with Gasteiger partial charge in [-0.25, -0.2) is 0 Å². The van der Waals surface area contributed by atoms with Crippen molar-refractivity contribution in [2.75, 3.05) is 4.90 Å². The molecule has 0 aliphatic carbocycles. The van der Waals surface area contributed by atoms with Crippen LogP contribution in [-0.4, -0.2) is 11.7 Å². The standard InChI is InChI=1S/C19H18BrNO2/c1-11(2)13-5-4-12(3)14(8-13)10-21-17-7-6-15(20)9-16(17)18(22)19(21)23/h4-9,11H,10H2,1-3H3. The maximum Gasteiger partial charge on any atom is 0.299 e. The van der Waals surface area contributed by atoms with Crippen molar-refractivity contribution in [3.05, 3.63) is 63.1 Å². The van der Waals surface area contributed by atoms with Crippen molar-refractivity contribution in [1.82, 2.24) is 0 Å². The Morgan fingerprint density at radius 1 is 1.09 bits per heavy atom. The maximum absolute atomic E-state index is 12.4. The van der Waals surface area contributed by atoms with Crippen LogP contribution in [0.3, 0.4) is 0 Å². The fourth-order valence-corrected chi connectivity index (χ4v) is 3.18. The van der Waals surface area contributed by atoms with Gasteiger partial charge in [-0.15, -0.1) is 0 Å². The van der Waals surface area contributed by atoms with E-state index in [-0.39, 0.29) is 0 Å². The molecule has 0 N–H and O–H groups in total. The van der Waals surface area contributed by atoms with Gasteiger partial charge in [0.1, 0.15) is 0 Å². The van der Waals surface area contributed by atoms with Crippen LogP contribution in [0.1, 0.15) is 46.8 Å². The highest BCUT2D eigenvalue weighted by Gasteiger charge is 2.35. The number of carbonyl (C=O) groups excluding carboxylic acids is 2. The Bertz CT molecular complexity index is 811. The third-order valence-electron chi connectivity index (χ3n) is 4.30. The summed E-state index contributed by atoms with van der Waals surface area (Å²) in [6.45, 7) is 6.74. The van der Waals surface area contributed by atoms with Crippen molar-refractivity contribution in [3.63, 3.8) is 0 Å². The van der Waals surface area contributed by atoms with Crippen molar-refractivity contribution in [2.24, 2.45) is 0 Å². The predicted octanol–water partition coefficient (Wildman–Crippen LogP) is 4.61. The number of amides is 1. The first-order chi connectivity index (χ1) is 10.9. The summed E-state index contributed by atoms with van der Waals surface area (Å²) in [5.74, 6) is -0.458. The Labute approximate surface area is 144 Å². The van der Waals surface area contributed by atoms with Crippen LogP contribution < -0.4 is 4.90 Å². The second-order valence-corrected chi connectivity index (χ2v) is 7.14. The molecule has 2 aromatic carbocycles. The normalized spacial score (nSPS) is 13.9. The summed E-state index contributed by atoms with van der Waals surface area (Å²) in [6.07, 6.45) is 0. The van der Waals surface area contributed by atoms with Gasteiger partial charge in [0.15, 0.2) is 0 Å². The molecule has 0 aromatic heterocycles. The molecular formula is C19H18BrNO2. The lowest BCUT2D eigenvalue weighted by Crippen LogP contribution is -2.29. The molecule has 0 bridgehead atoms. The van der Waals surface area contributed by atoms with Crippen LogP contribution in [0.2, 0.25) is 0 Å². The summed E-state index contributed by atoms with van der Waals surface area (Å²) in [4.78, 5) is 26.1. The van der Waals surface area contributed by atoms with E-state index >= 15 is 0 Å². The molecule has 0 fully saturated rings. The summed E-state index contributed by atoms with van der Waals surface area (Å²) < 4.78 is 0.803. The van der Waals surface area contributed by atoms with Crippen LogP contribution in [-0.2, 0) is 11.3 Å². The molecule has 4 heteroatoms. The van der Waals surface area contributed by atoms with E-state index in [0.717, 1.165) is 15.6 Å². The first kappa shape index (κ1) is 15.9. The van der Waals surface area contributed by atoms with Crippen molar-refractivity contribution >= 4 is 33.3 Å². The molecule has 1 heterocycles. The van der Waals surface area contributed by atoms with Gasteiger partial charge in [0, 0.05) is 4.47 Å². The summed E-state index contributed by atoms with van der Waals surface area (Å²) in [5.41, 5.74) is 4.60. The number of hydrogen-bond donors (Lipinski definition) is 0. The van der Waals surface area contributed by atoms with E-state index in [9.17, 15) is 9.59 Å². The number of carbonyl (C=O) groups is 2. The van der Waals surface area contributed by atoms with Gasteiger partial charge in [-0.1, -0.05) is 48.0 Å². The van der Waals surface area contributed by atoms with Gasteiger partial charge in [0.2, 0.25) is 0 Å². The van der Waals surface area contributed by atoms with E-state index in [2.05, 4.69) is 48.0 Å². The molecule has 0 unspecified atom stereocenters. The predicted molar refractivity (Wildman–Crippen MR) is 94.9 cm³/mol. The zero-order valence-electron chi connectivity index (χ0n) is 13.4. The smallest absolute Gasteiger partial charge is 0.299 e. The number of nitrogens with zero attached hydrogens (tertiary/aromatic N) is 1. The summed E-state index contributed by atoms with van der Waals surface area (Å²) in [7, 11) is 0. The summed E-state index contributed by atoms with van der Waals surface area (Å²) in [5, 5.41) is 0. The Morgan fingerprint density at radius 2 is 1.83 bits per heavy atom. The lowest BCUT2D eigenvalue weighted by Gasteiger charge is -2.19. The second-order valence-electron chi connectivity index (χ2n) is 6.22. The molecule has 118 valence electrons. The van der Waals surface area contributed by atoms with Crippen LogP contribution in [0.4, 0.5) is 5.69 Å². The van der Waals surface area contributed by atoms with Gasteiger partial charge in [-0.2, -0.15) is 0 Å². The van der Waals surface area contributed by atoms with Gasteiger partial charge >= 0.3 is 0 Å². The highest BCUT2D eigenvalue weighted by atomic mass is 79.9. The number of Topliss-reactive ketones (excluding diaryl/α,β-unsaturated/α-hetero) is 1. The quantitative estimate of drug-likeness (QED) is 0.738. The SMILES string of the molecule is Cc1ccc(C(C)C)cc1CN1C(=O)C(=O)c2cc(Br)ccc21. The Kier molecular flexibility index (Phi) is 4.11. The van der Waals surface area contributed by atoms with Crippen LogP contribution in [0.25, 0.3) is 0 Å². The largest absolute Gasteiger partial charge is 0.300 e. The highest BCUT2D eigenvalue weighted by molar-refractivity contribution is 9.10. The topological polar surface area (TPSA) is 37.4 Å². The molecule has 3 nitrogen and oxygen atoms in total. The van der Waals surface area contributed by atoms with Gasteiger partial charge in [0.05, 0.1) is 17.8 Å². The van der Waals surface area contributed by atoms with E-state index in [0.29, 0.717) is 23.7 Å². The molecule has 2 aromatic rings. The number of fused-ring (bicyclic) bond motifs is 1. The number of hydrogen-bond acceptors (Lipinski definition) is 2. The molecule has 1 aliphatic rings. The summed E-state index contributed by atoms with van der Waals surface area (Å²) in [6, 6.07) is 11.7. The van der Waals surface area contributed by atoms with Crippen molar-refractivity contribution < 1.29 is 9.59 Å². The average Bonchev–Trinajstić information content (AvgIpc) is 2.74. The number of benzene rings is 2. The molecular weight excluding hydrogens is 354 g/mol. The van der Waals surface area contributed by atoms with Gasteiger partial charge in [-0.3, -0.25) is 9.59 Å². The number of rotatable bonds is 3. The maximum atomic E-state index is 12.4. The molecule has 1 aliphatic heterocycles. The van der Waals surface area contributed by atoms with Gasteiger partial charge in [0.25, 0.3) is 11.7 Å². The van der Waals surface area contributed by atoms with E-state index in [1.165, 1.54) is 5.56 Å². The lowest BCUT2D eigenvalue weighted by molar-refractivity contribution is -0.114. The molecule has 23 heavy (non-hydrogen) atoms. The number of aryl methyl sites for hydroxylation is 1. The zero-order valence-corrected chi connectivity index (χ0v) is 15.0. The van der Waals surface area contributed by atoms with Crippen LogP contribution in [0, 0.1) is 6.92 Å². The van der Waals surface area contributed by atoms with Gasteiger partial charge in [-0.05, 0) is 47.7 Å². The minimum absolute atomic E-state index is 0.422. The molecule has 0 saturated carbocycles. The van der Waals surface area contributed by atoms with Crippen molar-refractivity contribution in [3.8, 4) is 0 Å². The third-order valence-corrected chi connectivity index (χ3v) is 4.79. The minimum atomic E-state index is -0.451. The Morgan fingerprint density at radius 3 is 2.52 bits per heavy atom. The highest BCUT2D eigenvalue weighted by Crippen LogP contribution is 2.33.